The number of carbonyl (C=O) groups is 3. The zero-order valence-electron chi connectivity index (χ0n) is 12.9. The molecule has 7 nitrogen and oxygen atoms in total. The Bertz CT molecular complexity index is 971. The lowest BCUT2D eigenvalue weighted by Gasteiger charge is -2.11. The van der Waals surface area contributed by atoms with E-state index in [2.05, 4.69) is 15.9 Å². The largest absolute Gasteiger partial charge is 0.300 e. The van der Waals surface area contributed by atoms with E-state index in [1.54, 1.807) is 18.2 Å². The molecule has 26 heavy (non-hydrogen) atoms. The maximum Gasteiger partial charge on any atom is 0.300 e. The number of hydrogen-bond donors (Lipinski definition) is 0. The fourth-order valence-corrected chi connectivity index (χ4v) is 3.51. The number of benzene rings is 2. The van der Waals surface area contributed by atoms with Gasteiger partial charge in [0.05, 0.1) is 15.4 Å². The highest BCUT2D eigenvalue weighted by Gasteiger charge is 2.40. The third kappa shape index (κ3) is 3.44. The van der Waals surface area contributed by atoms with Gasteiger partial charge >= 0.3 is 5.24 Å². The molecule has 9 heteroatoms. The molecule has 0 unspecified atom stereocenters. The van der Waals surface area contributed by atoms with E-state index >= 15 is 0 Å². The highest BCUT2D eigenvalue weighted by molar-refractivity contribution is 9.10. The zero-order chi connectivity index (χ0) is 18.8. The second-order valence-electron chi connectivity index (χ2n) is 5.15. The summed E-state index contributed by atoms with van der Waals surface area (Å²) in [6.45, 7) is 0. The highest BCUT2D eigenvalue weighted by Crippen LogP contribution is 2.34. The van der Waals surface area contributed by atoms with E-state index in [-0.39, 0.29) is 16.2 Å². The summed E-state index contributed by atoms with van der Waals surface area (Å²) in [5, 5.41) is 9.98. The van der Waals surface area contributed by atoms with Crippen molar-refractivity contribution in [1.82, 2.24) is 4.90 Å². The van der Waals surface area contributed by atoms with Gasteiger partial charge in [-0.05, 0) is 63.6 Å². The number of amides is 3. The molecule has 1 fully saturated rings. The number of thioether (sulfide) groups is 1. The van der Waals surface area contributed by atoms with Gasteiger partial charge in [0.25, 0.3) is 17.5 Å². The maximum absolute atomic E-state index is 12.5. The summed E-state index contributed by atoms with van der Waals surface area (Å²) in [5.41, 5.74) is 0.625. The average Bonchev–Trinajstić information content (AvgIpc) is 2.89. The number of rotatable bonds is 3. The first-order chi connectivity index (χ1) is 12.4. The molecule has 3 rings (SSSR count). The van der Waals surface area contributed by atoms with Gasteiger partial charge < -0.3 is 0 Å². The molecule has 2 aromatic rings. The standard InChI is InChI=1S/C17H9BrN2O5S/c18-13-4-2-1-3-12(13)15(21)19-16(22)14(26-17(19)23)9-10-5-7-11(8-6-10)20(24)25/h1-9H/b14-9+. The summed E-state index contributed by atoms with van der Waals surface area (Å²) in [6, 6.07) is 12.0. The van der Waals surface area contributed by atoms with Crippen LogP contribution in [0.5, 0.6) is 0 Å². The minimum absolute atomic E-state index is 0.0734. The summed E-state index contributed by atoms with van der Waals surface area (Å²) < 4.78 is 0.475. The molecule has 1 heterocycles. The Morgan fingerprint density at radius 2 is 1.77 bits per heavy atom. The lowest BCUT2D eigenvalue weighted by molar-refractivity contribution is -0.384. The fourth-order valence-electron chi connectivity index (χ4n) is 2.24. The van der Waals surface area contributed by atoms with Gasteiger partial charge in [-0.3, -0.25) is 24.5 Å². The Morgan fingerprint density at radius 3 is 2.38 bits per heavy atom. The van der Waals surface area contributed by atoms with Crippen molar-refractivity contribution in [3.8, 4) is 0 Å². The van der Waals surface area contributed by atoms with Crippen LogP contribution < -0.4 is 0 Å². The third-order valence-electron chi connectivity index (χ3n) is 3.50. The molecule has 0 bridgehead atoms. The molecule has 2 aromatic carbocycles. The molecule has 0 N–H and O–H groups in total. The first-order valence-electron chi connectivity index (χ1n) is 7.20. The second-order valence-corrected chi connectivity index (χ2v) is 7.00. The molecule has 0 radical (unpaired) electrons. The molecule has 1 saturated heterocycles. The number of nitro benzene ring substituents is 1. The van der Waals surface area contributed by atoms with E-state index in [1.807, 2.05) is 0 Å². The Kier molecular flexibility index (Phi) is 5.01. The van der Waals surface area contributed by atoms with Crippen LogP contribution in [0.4, 0.5) is 10.5 Å². The minimum atomic E-state index is -0.723. The van der Waals surface area contributed by atoms with Crippen molar-refractivity contribution in [1.29, 1.82) is 0 Å². The molecule has 0 spiro atoms. The molecule has 130 valence electrons. The Balaban J connectivity index is 1.88. The van der Waals surface area contributed by atoms with Crippen molar-refractivity contribution in [2.75, 3.05) is 0 Å². The number of carbonyl (C=O) groups excluding carboxylic acids is 3. The van der Waals surface area contributed by atoms with Crippen LogP contribution in [-0.4, -0.2) is 26.9 Å². The number of non-ortho nitro benzene ring substituents is 1. The van der Waals surface area contributed by atoms with E-state index in [0.717, 1.165) is 0 Å². The fraction of sp³-hybridized carbons (Fsp3) is 0. The predicted octanol–water partition coefficient (Wildman–Crippen LogP) is 4.23. The first kappa shape index (κ1) is 18.0. The monoisotopic (exact) mass is 432 g/mol. The van der Waals surface area contributed by atoms with Crippen LogP contribution in [0.25, 0.3) is 6.08 Å². The van der Waals surface area contributed by atoms with Crippen molar-refractivity contribution < 1.29 is 19.3 Å². The number of nitro groups is 1. The second kappa shape index (κ2) is 7.22. The minimum Gasteiger partial charge on any atom is -0.268 e. The Morgan fingerprint density at radius 1 is 1.12 bits per heavy atom. The summed E-state index contributed by atoms with van der Waals surface area (Å²) >= 11 is 3.87. The summed E-state index contributed by atoms with van der Waals surface area (Å²) in [5.74, 6) is -1.44. The smallest absolute Gasteiger partial charge is 0.268 e. The molecular formula is C17H9BrN2O5S. The quantitative estimate of drug-likeness (QED) is 0.311. The molecule has 1 aliphatic rings. The molecule has 3 amide bonds. The van der Waals surface area contributed by atoms with Crippen molar-refractivity contribution in [2.45, 2.75) is 0 Å². The van der Waals surface area contributed by atoms with Crippen molar-refractivity contribution in [3.63, 3.8) is 0 Å². The lowest BCUT2D eigenvalue weighted by atomic mass is 10.2. The zero-order valence-corrected chi connectivity index (χ0v) is 15.3. The number of hydrogen-bond acceptors (Lipinski definition) is 6. The lowest BCUT2D eigenvalue weighted by Crippen LogP contribution is -2.35. The molecule has 1 aliphatic heterocycles. The van der Waals surface area contributed by atoms with E-state index in [4.69, 9.17) is 0 Å². The van der Waals surface area contributed by atoms with E-state index < -0.39 is 22.0 Å². The Labute approximate surface area is 160 Å². The van der Waals surface area contributed by atoms with E-state index in [0.29, 0.717) is 26.7 Å². The van der Waals surface area contributed by atoms with Gasteiger partial charge in [0.2, 0.25) is 0 Å². The maximum atomic E-state index is 12.5. The van der Waals surface area contributed by atoms with E-state index in [1.165, 1.54) is 36.4 Å². The van der Waals surface area contributed by atoms with Gasteiger partial charge in [0.1, 0.15) is 0 Å². The van der Waals surface area contributed by atoms with Crippen molar-refractivity contribution in [3.05, 3.63) is 79.2 Å². The van der Waals surface area contributed by atoms with Crippen LogP contribution in [0.2, 0.25) is 0 Å². The first-order valence-corrected chi connectivity index (χ1v) is 8.80. The third-order valence-corrected chi connectivity index (χ3v) is 5.06. The highest BCUT2D eigenvalue weighted by atomic mass is 79.9. The molecule has 0 aliphatic carbocycles. The van der Waals surface area contributed by atoms with Gasteiger partial charge in [-0.15, -0.1) is 0 Å². The summed E-state index contributed by atoms with van der Waals surface area (Å²) in [4.78, 5) is 48.0. The molecule has 0 saturated carbocycles. The Hall–Kier alpha value is -2.78. The predicted molar refractivity (Wildman–Crippen MR) is 99.4 cm³/mol. The van der Waals surface area contributed by atoms with E-state index in [9.17, 15) is 24.5 Å². The van der Waals surface area contributed by atoms with Crippen LogP contribution in [0, 0.1) is 10.1 Å². The summed E-state index contributed by atoms with van der Waals surface area (Å²) in [7, 11) is 0. The molecule has 0 atom stereocenters. The van der Waals surface area contributed by atoms with Crippen LogP contribution in [0.15, 0.2) is 57.9 Å². The normalized spacial score (nSPS) is 15.6. The number of nitrogens with zero attached hydrogens (tertiary/aromatic N) is 2. The van der Waals surface area contributed by atoms with Gasteiger partial charge in [0.15, 0.2) is 0 Å². The number of imide groups is 3. The van der Waals surface area contributed by atoms with Crippen LogP contribution in [-0.2, 0) is 4.79 Å². The van der Waals surface area contributed by atoms with Gasteiger partial charge in [0, 0.05) is 16.6 Å². The van der Waals surface area contributed by atoms with Crippen LogP contribution in [0.1, 0.15) is 15.9 Å². The van der Waals surface area contributed by atoms with Crippen molar-refractivity contribution in [2.24, 2.45) is 0 Å². The topological polar surface area (TPSA) is 97.6 Å². The van der Waals surface area contributed by atoms with Crippen LogP contribution >= 0.6 is 27.7 Å². The SMILES string of the molecule is O=C1S/C(=C/c2ccc([N+](=O)[O-])cc2)C(=O)N1C(=O)c1ccccc1Br. The van der Waals surface area contributed by atoms with Gasteiger partial charge in [-0.1, -0.05) is 12.1 Å². The van der Waals surface area contributed by atoms with Crippen LogP contribution in [0.3, 0.4) is 0 Å². The summed E-state index contributed by atoms with van der Waals surface area (Å²) in [6.07, 6.45) is 1.42. The van der Waals surface area contributed by atoms with Gasteiger partial charge in [-0.25, -0.2) is 4.90 Å². The average molecular weight is 433 g/mol. The molecular weight excluding hydrogens is 424 g/mol. The number of halogens is 1. The van der Waals surface area contributed by atoms with Crippen molar-refractivity contribution >= 4 is 56.5 Å². The molecule has 0 aromatic heterocycles. The van der Waals surface area contributed by atoms with Gasteiger partial charge in [-0.2, -0.15) is 0 Å².